The van der Waals surface area contributed by atoms with E-state index in [2.05, 4.69) is 14.0 Å². The van der Waals surface area contributed by atoms with Crippen LogP contribution in [0, 0.1) is 0 Å². The molecule has 0 aliphatic carbocycles. The number of hydrogen-bond donors (Lipinski definition) is 2. The minimum atomic E-state index is 1.89. The Morgan fingerprint density at radius 1 is 1.00 bits per heavy atom. The fourth-order valence-electron chi connectivity index (χ4n) is 0.0851. The molecule has 1 aromatic heterocycles. The molecule has 0 fully saturated rings. The van der Waals surface area contributed by atoms with Gasteiger partial charge in [-0.25, -0.2) is 4.63 Å². The predicted octanol–water partition coefficient (Wildman–Crippen LogP) is 0.246. The minimum absolute atomic E-state index is 1.89. The van der Waals surface area contributed by atoms with Crippen molar-refractivity contribution in [3.63, 3.8) is 0 Å². The summed E-state index contributed by atoms with van der Waals surface area (Å²) in [5.74, 6) is 0. The van der Waals surface area contributed by atoms with E-state index in [1.54, 1.807) is 0 Å². The van der Waals surface area contributed by atoms with Crippen LogP contribution in [-0.4, -0.2) is 10.7 Å². The van der Waals surface area contributed by atoms with Crippen LogP contribution in [0.2, 0.25) is 0 Å². The quantitative estimate of drug-likeness (QED) is 0.437. The molecule has 0 aliphatic rings. The van der Waals surface area contributed by atoms with Gasteiger partial charge in [-0.1, -0.05) is 0 Å². The van der Waals surface area contributed by atoms with Gasteiger partial charge in [0.15, 0.2) is 0 Å². The molecule has 0 atom stereocenters. The van der Waals surface area contributed by atoms with Gasteiger partial charge >= 0.3 is 0 Å². The molecule has 30 valence electrons. The lowest BCUT2D eigenvalue weighted by molar-refractivity contribution is -0.0340. The maximum Gasteiger partial charge on any atom is -0.00928 e. The molecule has 1 aromatic rings. The summed E-state index contributed by atoms with van der Waals surface area (Å²) in [5, 5.41) is 3.78. The van der Waals surface area contributed by atoms with Crippen LogP contribution >= 0.6 is 0 Å². The molecule has 5 heavy (non-hydrogen) atoms. The Morgan fingerprint density at radius 3 is 1.80 bits per heavy atom. The number of nitrogens with one attached hydrogen (secondary N) is 2. The fourth-order valence-corrected chi connectivity index (χ4v) is 0.0851. The van der Waals surface area contributed by atoms with Crippen molar-refractivity contribution in [1.29, 1.82) is 0 Å². The van der Waals surface area contributed by atoms with Crippen molar-refractivity contribution >= 4 is 0 Å². The lowest BCUT2D eigenvalue weighted by atomic mass is 13.3. The van der Waals surface area contributed by atoms with Crippen LogP contribution in [0.1, 0.15) is 0 Å². The van der Waals surface area contributed by atoms with Gasteiger partial charge in [0.25, 0.3) is 0 Å². The van der Waals surface area contributed by atoms with Crippen molar-refractivity contribution in [3.05, 3.63) is 0 Å². The summed E-state index contributed by atoms with van der Waals surface area (Å²) >= 11 is 0. The lowest BCUT2D eigenvalue weighted by Crippen LogP contribution is -1.44. The fraction of sp³-hybridized carbons (Fsp3) is 0. The number of hydrogen-bond acceptors (Lipinski definition) is 3. The Hall–Kier alpha value is -1.00. The average molecular weight is 78.0 g/mol. The Kier molecular flexibility index (Phi) is 0.338. The molecule has 1 rings (SSSR count). The average Bonchev–Trinajstić information content (AvgIpc) is 1.76. The number of aromatic amines is 2. The highest BCUT2D eigenvalue weighted by atomic mass is 17.2. The third-order valence-corrected chi connectivity index (χ3v) is 0.193. The summed E-state index contributed by atoms with van der Waals surface area (Å²) < 4.78 is 11.7. The van der Waals surface area contributed by atoms with Gasteiger partial charge in [-0.2, -0.15) is 0 Å². The molecular weight excluding hydrogens is 76.0 g/mol. The van der Waals surface area contributed by atoms with Crippen LogP contribution in [0.3, 0.4) is 0 Å². The molecule has 2 N–H and O–H groups in total. The molecule has 0 aromatic carbocycles. The van der Waals surface area contributed by atoms with Gasteiger partial charge in [-0.3, -0.25) is 0 Å². The largest absolute Gasteiger partial charge is 0.227 e. The predicted molar refractivity (Wildman–Crippen MR) is 9.57 cm³/mol. The molecule has 0 bridgehead atoms. The normalized spacial score (nSPS) is 8.00. The van der Waals surface area contributed by atoms with Gasteiger partial charge in [-0.15, -0.1) is 9.36 Å². The minimum Gasteiger partial charge on any atom is -0.227 e. The van der Waals surface area contributed by atoms with Gasteiger partial charge in [0.05, 0.1) is 0 Å². The van der Waals surface area contributed by atoms with E-state index in [1.165, 1.54) is 0 Å². The zero-order valence-corrected chi connectivity index (χ0v) is 2.22. The summed E-state index contributed by atoms with van der Waals surface area (Å²) in [7, 11) is 0. The van der Waals surface area contributed by atoms with Crippen LogP contribution < -0.4 is 0 Å². The second kappa shape index (κ2) is 0.750. The summed E-state index contributed by atoms with van der Waals surface area (Å²) in [6.07, 6.45) is 0. The van der Waals surface area contributed by atoms with Crippen LogP contribution in [0.5, 0.6) is 0 Å². The van der Waals surface area contributed by atoms with Crippen molar-refractivity contribution in [2.45, 2.75) is 0 Å². The Balaban J connectivity index is 3.13. The highest BCUT2D eigenvalue weighted by Gasteiger charge is 1.53. The first-order valence-corrected chi connectivity index (χ1v) is 0.983. The second-order valence-corrected chi connectivity index (χ2v) is 0.435. The molecule has 0 saturated carbocycles. The van der Waals surface area contributed by atoms with E-state index in [-0.39, 0.29) is 0 Å². The van der Waals surface area contributed by atoms with Crippen molar-refractivity contribution in [3.8, 4) is 0 Å². The molecular formula is H2N2O3. The van der Waals surface area contributed by atoms with E-state index >= 15 is 0 Å². The van der Waals surface area contributed by atoms with Gasteiger partial charge in [0.2, 0.25) is 0 Å². The van der Waals surface area contributed by atoms with Crippen LogP contribution in [0.25, 0.3) is 0 Å². The lowest BCUT2D eigenvalue weighted by Gasteiger charge is -1.43. The summed E-state index contributed by atoms with van der Waals surface area (Å²) in [6, 6.07) is 0. The molecule has 0 radical (unpaired) electrons. The van der Waals surface area contributed by atoms with Gasteiger partial charge in [0, 0.05) is 0 Å². The van der Waals surface area contributed by atoms with Gasteiger partial charge in [-0.05, 0) is 10.7 Å². The van der Waals surface area contributed by atoms with Gasteiger partial charge in [0.1, 0.15) is 0 Å². The zero-order chi connectivity index (χ0) is 3.54. The van der Waals surface area contributed by atoms with Crippen LogP contribution in [0.4, 0.5) is 0 Å². The Bertz CT molecular complexity index is 61.4. The summed E-state index contributed by atoms with van der Waals surface area (Å²) in [6.45, 7) is 0. The molecule has 5 heteroatoms. The van der Waals surface area contributed by atoms with E-state index in [9.17, 15) is 0 Å². The van der Waals surface area contributed by atoms with E-state index in [0.29, 0.717) is 0 Å². The Morgan fingerprint density at radius 2 is 1.60 bits per heavy atom. The number of H-pyrrole nitrogens is 2. The Labute approximate surface area is 26.0 Å². The maximum absolute atomic E-state index is 4.00. The van der Waals surface area contributed by atoms with Crippen LogP contribution in [0.15, 0.2) is 14.0 Å². The molecule has 0 saturated heterocycles. The first-order chi connectivity index (χ1) is 2.50. The number of aromatic nitrogens is 2. The molecule has 0 unspecified atom stereocenters. The molecule has 0 spiro atoms. The third kappa shape index (κ3) is 0.188. The van der Waals surface area contributed by atoms with Gasteiger partial charge < -0.3 is 0 Å². The smallest absolute Gasteiger partial charge is 0.00928 e. The summed E-state index contributed by atoms with van der Waals surface area (Å²) in [4.78, 5) is 0. The zero-order valence-electron chi connectivity index (χ0n) is 2.22. The van der Waals surface area contributed by atoms with E-state index in [1.807, 2.05) is 10.7 Å². The van der Waals surface area contributed by atoms with Crippen molar-refractivity contribution in [2.75, 3.05) is 0 Å². The van der Waals surface area contributed by atoms with E-state index in [4.69, 9.17) is 0 Å². The van der Waals surface area contributed by atoms with Crippen molar-refractivity contribution in [1.82, 2.24) is 10.7 Å². The monoisotopic (exact) mass is 78.0 g/mol. The first-order valence-electron chi connectivity index (χ1n) is 0.983. The van der Waals surface area contributed by atoms with Crippen molar-refractivity contribution in [2.24, 2.45) is 0 Å². The molecule has 1 heterocycles. The second-order valence-electron chi connectivity index (χ2n) is 0.435. The maximum atomic E-state index is 4.00. The molecule has 0 amide bonds. The SMILES string of the molecule is [nH]1o[nH]oo1. The third-order valence-electron chi connectivity index (χ3n) is 0.193. The number of rotatable bonds is 0. The first kappa shape index (κ1) is 2.25. The molecule has 0 aliphatic heterocycles. The summed E-state index contributed by atoms with van der Waals surface area (Å²) in [5.41, 5.74) is 0. The van der Waals surface area contributed by atoms with E-state index < -0.39 is 0 Å². The van der Waals surface area contributed by atoms with Crippen LogP contribution in [-0.2, 0) is 0 Å². The highest BCUT2D eigenvalue weighted by Crippen LogP contribution is 1.62. The topological polar surface area (TPSA) is 71.0 Å². The highest BCUT2D eigenvalue weighted by molar-refractivity contribution is 3.29. The standard InChI is InChI=1S/H2N2O3/c1-3-2-5-4-1/h1-2H. The van der Waals surface area contributed by atoms with E-state index in [0.717, 1.165) is 0 Å². The molecule has 5 nitrogen and oxygen atoms in total. The van der Waals surface area contributed by atoms with Crippen molar-refractivity contribution < 1.29 is 14.0 Å².